The molecule has 0 saturated heterocycles. The fraction of sp³-hybridized carbons (Fsp3) is 0.167. The van der Waals surface area contributed by atoms with Crippen molar-refractivity contribution < 1.29 is 0 Å². The molecular weight excluding hydrogens is 336 g/mol. The van der Waals surface area contributed by atoms with Gasteiger partial charge in [0, 0.05) is 22.7 Å². The third-order valence-corrected chi connectivity index (χ3v) is 3.16. The van der Waals surface area contributed by atoms with Crippen LogP contribution in [0.25, 0.3) is 29.0 Å². The maximum atomic E-state index is 4.30. The molecule has 0 aliphatic rings. The molecule has 0 saturated carbocycles. The number of nitrogens with zero attached hydrogens (tertiary/aromatic N) is 8. The molecule has 0 spiro atoms. The molecule has 3 rings (SSSR count). The second-order valence-corrected chi connectivity index (χ2v) is 4.90. The van der Waals surface area contributed by atoms with Gasteiger partial charge in [-0.3, -0.25) is 0 Å². The second-order valence-electron chi connectivity index (χ2n) is 4.10. The lowest BCUT2D eigenvalue weighted by atomic mass is 10.1. The Morgan fingerprint density at radius 3 is 2.57 bits per heavy atom. The number of alkyl halides is 1. The zero-order valence-electron chi connectivity index (χ0n) is 11.0. The van der Waals surface area contributed by atoms with Gasteiger partial charge in [0.2, 0.25) is 5.82 Å². The van der Waals surface area contributed by atoms with Crippen molar-refractivity contribution in [2.75, 3.05) is 5.33 Å². The van der Waals surface area contributed by atoms with Gasteiger partial charge in [0.1, 0.15) is 0 Å². The highest BCUT2D eigenvalue weighted by Gasteiger charge is 2.09. The topological polar surface area (TPSA) is 87.2 Å². The van der Waals surface area contributed by atoms with E-state index in [1.165, 1.54) is 4.68 Å². The van der Waals surface area contributed by atoms with Gasteiger partial charge in [-0.25, -0.2) is 4.68 Å². The van der Waals surface area contributed by atoms with E-state index in [2.05, 4.69) is 53.4 Å². The minimum absolute atomic E-state index is 0.589. The molecule has 1 aromatic carbocycles. The molecule has 21 heavy (non-hydrogen) atoms. The van der Waals surface area contributed by atoms with Crippen LogP contribution in [0.3, 0.4) is 0 Å². The summed E-state index contributed by atoms with van der Waals surface area (Å²) in [6.07, 6.45) is 1.55. The van der Waals surface area contributed by atoms with Crippen LogP contribution >= 0.6 is 15.9 Å². The molecular formula is C12H11BrN8. The first-order valence-corrected chi connectivity index (χ1v) is 7.29. The van der Waals surface area contributed by atoms with E-state index < -0.39 is 0 Å². The first kappa shape index (κ1) is 13.6. The maximum absolute atomic E-state index is 4.30. The van der Waals surface area contributed by atoms with E-state index in [1.807, 2.05) is 24.3 Å². The lowest BCUT2D eigenvalue weighted by Gasteiger charge is -2.00. The number of hydrogen-bond donors (Lipinski definition) is 0. The molecule has 8 nitrogen and oxygen atoms in total. The highest BCUT2D eigenvalue weighted by molar-refractivity contribution is 9.09. The van der Waals surface area contributed by atoms with Crippen molar-refractivity contribution in [1.82, 2.24) is 40.4 Å². The Morgan fingerprint density at radius 1 is 1.10 bits per heavy atom. The summed E-state index contributed by atoms with van der Waals surface area (Å²) in [5, 5.41) is 24.5. The lowest BCUT2D eigenvalue weighted by Crippen LogP contribution is -2.02. The number of aryl methyl sites for hydroxylation is 1. The van der Waals surface area contributed by atoms with Gasteiger partial charge >= 0.3 is 0 Å². The molecule has 3 aromatic rings. The zero-order valence-corrected chi connectivity index (χ0v) is 12.5. The molecule has 0 N–H and O–H groups in total. The lowest BCUT2D eigenvalue weighted by molar-refractivity contribution is 0.559. The van der Waals surface area contributed by atoms with E-state index in [4.69, 9.17) is 0 Å². The highest BCUT2D eigenvalue weighted by Crippen LogP contribution is 2.20. The second kappa shape index (κ2) is 5.92. The Labute approximate surface area is 128 Å². The summed E-state index contributed by atoms with van der Waals surface area (Å²) in [5.74, 6) is 1.22. The molecule has 0 atom stereocenters. The van der Waals surface area contributed by atoms with Crippen molar-refractivity contribution in [3.05, 3.63) is 30.8 Å². The summed E-state index contributed by atoms with van der Waals surface area (Å²) in [4.78, 5) is 1.55. The number of halogens is 1. The van der Waals surface area contributed by atoms with Crippen LogP contribution in [-0.4, -0.2) is 45.7 Å². The summed E-state index contributed by atoms with van der Waals surface area (Å²) in [5.41, 5.74) is 1.77. The van der Waals surface area contributed by atoms with Crippen LogP contribution in [0.4, 0.5) is 0 Å². The average molecular weight is 347 g/mol. The first-order valence-electron chi connectivity index (χ1n) is 6.17. The van der Waals surface area contributed by atoms with E-state index in [9.17, 15) is 0 Å². The SMILES string of the molecule is C=Cn1nnnc1-c1ccc(-c2nnn(CCBr)n2)cc1. The Bertz CT molecular complexity index is 745. The number of benzene rings is 1. The maximum Gasteiger partial charge on any atom is 0.204 e. The van der Waals surface area contributed by atoms with Crippen LogP contribution in [0.15, 0.2) is 30.8 Å². The monoisotopic (exact) mass is 346 g/mol. The van der Waals surface area contributed by atoms with Gasteiger partial charge in [-0.05, 0) is 15.6 Å². The van der Waals surface area contributed by atoms with E-state index >= 15 is 0 Å². The fourth-order valence-electron chi connectivity index (χ4n) is 1.80. The Morgan fingerprint density at radius 2 is 1.86 bits per heavy atom. The van der Waals surface area contributed by atoms with Crippen molar-refractivity contribution in [2.24, 2.45) is 0 Å². The van der Waals surface area contributed by atoms with Crippen LogP contribution in [0.2, 0.25) is 0 Å². The van der Waals surface area contributed by atoms with Crippen molar-refractivity contribution in [3.8, 4) is 22.8 Å². The van der Waals surface area contributed by atoms with Gasteiger partial charge in [0.25, 0.3) is 0 Å². The zero-order chi connectivity index (χ0) is 14.7. The third kappa shape index (κ3) is 2.72. The Kier molecular flexibility index (Phi) is 3.82. The predicted molar refractivity (Wildman–Crippen MR) is 80.2 cm³/mol. The van der Waals surface area contributed by atoms with Crippen LogP contribution in [0, 0.1) is 0 Å². The first-order chi connectivity index (χ1) is 10.3. The standard InChI is InChI=1S/C12H11BrN8/c1-2-20-12(15-17-19-20)10-5-3-9(4-6-10)11-14-18-21(16-11)8-7-13/h2-6H,1,7-8H2. The number of hydrogen-bond acceptors (Lipinski definition) is 6. The smallest absolute Gasteiger partial charge is 0.201 e. The van der Waals surface area contributed by atoms with Gasteiger partial charge < -0.3 is 0 Å². The van der Waals surface area contributed by atoms with Gasteiger partial charge in [-0.2, -0.15) is 4.80 Å². The summed E-state index contributed by atoms with van der Waals surface area (Å²) in [6, 6.07) is 7.64. The Hall–Kier alpha value is -2.42. The van der Waals surface area contributed by atoms with Crippen molar-refractivity contribution in [3.63, 3.8) is 0 Å². The molecule has 2 heterocycles. The molecule has 0 unspecified atom stereocenters. The van der Waals surface area contributed by atoms with Crippen LogP contribution in [0.5, 0.6) is 0 Å². The largest absolute Gasteiger partial charge is 0.204 e. The van der Waals surface area contributed by atoms with Crippen LogP contribution in [0.1, 0.15) is 0 Å². The van der Waals surface area contributed by atoms with Gasteiger partial charge in [0.05, 0.1) is 6.54 Å². The van der Waals surface area contributed by atoms with Crippen molar-refractivity contribution >= 4 is 22.1 Å². The molecule has 2 aromatic heterocycles. The van der Waals surface area contributed by atoms with E-state index in [-0.39, 0.29) is 0 Å². The minimum Gasteiger partial charge on any atom is -0.201 e. The predicted octanol–water partition coefficient (Wildman–Crippen LogP) is 1.49. The third-order valence-electron chi connectivity index (χ3n) is 2.80. The summed E-state index contributed by atoms with van der Waals surface area (Å²) in [7, 11) is 0. The normalized spacial score (nSPS) is 10.7. The summed E-state index contributed by atoms with van der Waals surface area (Å²) < 4.78 is 1.51. The summed E-state index contributed by atoms with van der Waals surface area (Å²) >= 11 is 3.34. The van der Waals surface area contributed by atoms with Crippen LogP contribution in [-0.2, 0) is 6.54 Å². The van der Waals surface area contributed by atoms with E-state index in [1.54, 1.807) is 11.0 Å². The molecule has 9 heteroatoms. The highest BCUT2D eigenvalue weighted by atomic mass is 79.9. The molecule has 0 aliphatic carbocycles. The molecule has 0 amide bonds. The molecule has 0 aliphatic heterocycles. The molecule has 0 bridgehead atoms. The van der Waals surface area contributed by atoms with E-state index in [0.29, 0.717) is 18.2 Å². The molecule has 106 valence electrons. The van der Waals surface area contributed by atoms with Gasteiger partial charge in [0.15, 0.2) is 5.82 Å². The number of rotatable bonds is 5. The molecule has 0 radical (unpaired) electrons. The average Bonchev–Trinajstić information content (AvgIpc) is 3.16. The van der Waals surface area contributed by atoms with Gasteiger partial charge in [-0.15, -0.1) is 15.3 Å². The number of aromatic nitrogens is 8. The number of tetrazole rings is 2. The molecule has 0 fully saturated rings. The van der Waals surface area contributed by atoms with Crippen LogP contribution < -0.4 is 0 Å². The van der Waals surface area contributed by atoms with Crippen molar-refractivity contribution in [1.29, 1.82) is 0 Å². The summed E-state index contributed by atoms with van der Waals surface area (Å²) in [6.45, 7) is 4.34. The Balaban J connectivity index is 1.88. The quantitative estimate of drug-likeness (QED) is 0.650. The fourth-order valence-corrected chi connectivity index (χ4v) is 2.12. The minimum atomic E-state index is 0.589. The van der Waals surface area contributed by atoms with Gasteiger partial charge in [-0.1, -0.05) is 46.8 Å². The van der Waals surface area contributed by atoms with E-state index in [0.717, 1.165) is 16.5 Å². The van der Waals surface area contributed by atoms with Crippen molar-refractivity contribution in [2.45, 2.75) is 6.54 Å².